The molecule has 5 nitrogen and oxygen atoms in total. The Morgan fingerprint density at radius 3 is 2.53 bits per heavy atom. The summed E-state index contributed by atoms with van der Waals surface area (Å²) in [7, 11) is 2.18. The van der Waals surface area contributed by atoms with Crippen molar-refractivity contribution >= 4 is 0 Å². The van der Waals surface area contributed by atoms with Gasteiger partial charge < -0.3 is 4.90 Å². The van der Waals surface area contributed by atoms with Crippen molar-refractivity contribution in [2.75, 3.05) is 20.1 Å². The van der Waals surface area contributed by atoms with Gasteiger partial charge in [-0.1, -0.05) is 0 Å². The van der Waals surface area contributed by atoms with E-state index in [0.29, 0.717) is 12.0 Å². The fraction of sp³-hybridized carbons (Fsp3) is 0.900. The Balaban J connectivity index is 1.77. The van der Waals surface area contributed by atoms with Crippen LogP contribution in [-0.2, 0) is 0 Å². The molecule has 2 fully saturated rings. The fourth-order valence-electron chi connectivity index (χ4n) is 2.32. The molecule has 0 bridgehead atoms. The quantitative estimate of drug-likeness (QED) is 0.720. The highest BCUT2D eigenvalue weighted by atomic mass is 15.6. The van der Waals surface area contributed by atoms with E-state index in [4.69, 9.17) is 0 Å². The third-order valence-electron chi connectivity index (χ3n) is 3.49. The molecule has 1 saturated heterocycles. The minimum atomic E-state index is 0.580. The first-order valence-corrected chi connectivity index (χ1v) is 5.81. The molecule has 0 radical (unpaired) electrons. The summed E-state index contributed by atoms with van der Waals surface area (Å²) in [5.74, 6) is 1.71. The van der Waals surface area contributed by atoms with Gasteiger partial charge in [-0.2, -0.15) is 0 Å². The van der Waals surface area contributed by atoms with Gasteiger partial charge in [0, 0.05) is 5.92 Å². The first-order valence-electron chi connectivity index (χ1n) is 5.81. The highest BCUT2D eigenvalue weighted by Gasteiger charge is 2.31. The van der Waals surface area contributed by atoms with Crippen molar-refractivity contribution in [2.24, 2.45) is 0 Å². The Morgan fingerprint density at radius 1 is 1.13 bits per heavy atom. The van der Waals surface area contributed by atoms with Gasteiger partial charge in [0.05, 0.1) is 6.04 Å². The number of hydrogen-bond acceptors (Lipinski definition) is 4. The van der Waals surface area contributed by atoms with Gasteiger partial charge in [0.1, 0.15) is 0 Å². The van der Waals surface area contributed by atoms with Crippen molar-refractivity contribution < 1.29 is 0 Å². The molecule has 0 unspecified atom stereocenters. The van der Waals surface area contributed by atoms with E-state index in [1.807, 2.05) is 0 Å². The van der Waals surface area contributed by atoms with Gasteiger partial charge in [0.2, 0.25) is 0 Å². The molecule has 82 valence electrons. The minimum absolute atomic E-state index is 0.580. The van der Waals surface area contributed by atoms with Crippen LogP contribution in [0.1, 0.15) is 43.5 Å². The van der Waals surface area contributed by atoms with Crippen LogP contribution in [0, 0.1) is 0 Å². The molecule has 1 aromatic heterocycles. The summed E-state index contributed by atoms with van der Waals surface area (Å²) < 4.78 is 2.07. The van der Waals surface area contributed by atoms with Gasteiger partial charge in [0.15, 0.2) is 5.82 Å². The molecule has 0 atom stereocenters. The third-order valence-corrected chi connectivity index (χ3v) is 3.49. The van der Waals surface area contributed by atoms with Gasteiger partial charge in [-0.15, -0.1) is 5.10 Å². The average Bonchev–Trinajstić information content (AvgIpc) is 2.98. The van der Waals surface area contributed by atoms with Crippen molar-refractivity contribution in [3.63, 3.8) is 0 Å². The summed E-state index contributed by atoms with van der Waals surface area (Å²) in [5.41, 5.74) is 0. The maximum atomic E-state index is 4.21. The summed E-state index contributed by atoms with van der Waals surface area (Å²) in [6, 6.07) is 0.606. The van der Waals surface area contributed by atoms with Crippen molar-refractivity contribution in [3.8, 4) is 0 Å². The summed E-state index contributed by atoms with van der Waals surface area (Å²) in [6.45, 7) is 2.34. The van der Waals surface area contributed by atoms with Crippen LogP contribution in [0.3, 0.4) is 0 Å². The van der Waals surface area contributed by atoms with Gasteiger partial charge in [-0.05, 0) is 56.2 Å². The van der Waals surface area contributed by atoms with Gasteiger partial charge >= 0.3 is 0 Å². The lowest BCUT2D eigenvalue weighted by Crippen LogP contribution is -2.30. The zero-order chi connectivity index (χ0) is 10.3. The van der Waals surface area contributed by atoms with E-state index in [1.54, 1.807) is 0 Å². The van der Waals surface area contributed by atoms with Crippen molar-refractivity contribution in [1.82, 2.24) is 25.1 Å². The number of tetrazole rings is 1. The molecule has 1 saturated carbocycles. The third kappa shape index (κ3) is 1.76. The Hall–Kier alpha value is -0.970. The highest BCUT2D eigenvalue weighted by molar-refractivity contribution is 5.00. The predicted octanol–water partition coefficient (Wildman–Crippen LogP) is 0.817. The predicted molar refractivity (Wildman–Crippen MR) is 55.6 cm³/mol. The van der Waals surface area contributed by atoms with Crippen LogP contribution in [0.5, 0.6) is 0 Å². The van der Waals surface area contributed by atoms with Gasteiger partial charge in [-0.25, -0.2) is 4.68 Å². The number of piperidine rings is 1. The SMILES string of the molecule is CN1CCC(c2nnnn2C2CC2)CC1. The molecule has 0 spiro atoms. The van der Waals surface area contributed by atoms with Crippen LogP contribution in [0.25, 0.3) is 0 Å². The topological polar surface area (TPSA) is 46.8 Å². The van der Waals surface area contributed by atoms with Crippen LogP contribution in [0.15, 0.2) is 0 Å². The summed E-state index contributed by atoms with van der Waals surface area (Å²) in [4.78, 5) is 2.38. The maximum Gasteiger partial charge on any atom is 0.154 e. The van der Waals surface area contributed by atoms with E-state index in [0.717, 1.165) is 5.82 Å². The summed E-state index contributed by atoms with van der Waals surface area (Å²) in [6.07, 6.45) is 4.91. The Kier molecular flexibility index (Phi) is 2.20. The van der Waals surface area contributed by atoms with Gasteiger partial charge in [-0.3, -0.25) is 0 Å². The van der Waals surface area contributed by atoms with E-state index < -0.39 is 0 Å². The molecular formula is C10H17N5. The van der Waals surface area contributed by atoms with Gasteiger partial charge in [0.25, 0.3) is 0 Å². The number of nitrogens with zero attached hydrogens (tertiary/aromatic N) is 5. The normalized spacial score (nSPS) is 24.6. The summed E-state index contributed by atoms with van der Waals surface area (Å²) in [5, 5.41) is 12.2. The molecule has 1 aliphatic heterocycles. The van der Waals surface area contributed by atoms with Crippen LogP contribution in [0.4, 0.5) is 0 Å². The molecule has 0 aromatic carbocycles. The average molecular weight is 207 g/mol. The molecule has 2 heterocycles. The number of likely N-dealkylation sites (tertiary alicyclic amines) is 1. The second-order valence-corrected chi connectivity index (χ2v) is 4.79. The van der Waals surface area contributed by atoms with E-state index in [1.165, 1.54) is 38.8 Å². The summed E-state index contributed by atoms with van der Waals surface area (Å²) >= 11 is 0. The molecule has 0 N–H and O–H groups in total. The van der Waals surface area contributed by atoms with Crippen LogP contribution < -0.4 is 0 Å². The highest BCUT2D eigenvalue weighted by Crippen LogP contribution is 2.37. The first-order chi connectivity index (χ1) is 7.34. The van der Waals surface area contributed by atoms with E-state index in [2.05, 4.69) is 32.2 Å². The molecule has 3 rings (SSSR count). The fourth-order valence-corrected chi connectivity index (χ4v) is 2.32. The lowest BCUT2D eigenvalue weighted by Gasteiger charge is -2.27. The zero-order valence-corrected chi connectivity index (χ0v) is 9.13. The molecule has 1 aliphatic carbocycles. The standard InChI is InChI=1S/C10H17N5/c1-14-6-4-8(5-7-14)10-11-12-13-15(10)9-2-3-9/h8-9H,2-7H2,1H3. The van der Waals surface area contributed by atoms with Crippen molar-refractivity contribution in [3.05, 3.63) is 5.82 Å². The lowest BCUT2D eigenvalue weighted by atomic mass is 9.96. The molecule has 5 heteroatoms. The number of aromatic nitrogens is 4. The van der Waals surface area contributed by atoms with Crippen molar-refractivity contribution in [1.29, 1.82) is 0 Å². The minimum Gasteiger partial charge on any atom is -0.306 e. The largest absolute Gasteiger partial charge is 0.306 e. The van der Waals surface area contributed by atoms with E-state index in [-0.39, 0.29) is 0 Å². The molecule has 1 aromatic rings. The second-order valence-electron chi connectivity index (χ2n) is 4.79. The first kappa shape index (κ1) is 9.27. The smallest absolute Gasteiger partial charge is 0.154 e. The number of hydrogen-bond donors (Lipinski definition) is 0. The second kappa shape index (κ2) is 3.56. The Bertz CT molecular complexity index is 335. The Morgan fingerprint density at radius 2 is 1.87 bits per heavy atom. The van der Waals surface area contributed by atoms with Crippen LogP contribution >= 0.6 is 0 Å². The lowest BCUT2D eigenvalue weighted by molar-refractivity contribution is 0.247. The molecule has 15 heavy (non-hydrogen) atoms. The molecular weight excluding hydrogens is 190 g/mol. The number of rotatable bonds is 2. The van der Waals surface area contributed by atoms with E-state index in [9.17, 15) is 0 Å². The van der Waals surface area contributed by atoms with Crippen LogP contribution in [-0.4, -0.2) is 45.2 Å². The zero-order valence-electron chi connectivity index (χ0n) is 9.13. The molecule has 0 amide bonds. The van der Waals surface area contributed by atoms with E-state index >= 15 is 0 Å². The van der Waals surface area contributed by atoms with Crippen LogP contribution in [0.2, 0.25) is 0 Å². The Labute approximate surface area is 89.4 Å². The molecule has 2 aliphatic rings. The maximum absolute atomic E-state index is 4.21. The van der Waals surface area contributed by atoms with Crippen molar-refractivity contribution in [2.45, 2.75) is 37.6 Å². The monoisotopic (exact) mass is 207 g/mol.